The van der Waals surface area contributed by atoms with Crippen molar-refractivity contribution in [3.63, 3.8) is 0 Å². The molecule has 6 nitrogen and oxygen atoms in total. The molecule has 0 spiro atoms. The summed E-state index contributed by atoms with van der Waals surface area (Å²) in [7, 11) is 4.00. The summed E-state index contributed by atoms with van der Waals surface area (Å²) in [6.07, 6.45) is 1.52. The van der Waals surface area contributed by atoms with Gasteiger partial charge in [-0.3, -0.25) is 4.79 Å². The molecule has 0 unspecified atom stereocenters. The highest BCUT2D eigenvalue weighted by atomic mass is 16.5. The number of ether oxygens (including phenoxy) is 1. The minimum atomic E-state index is -0.401. The van der Waals surface area contributed by atoms with Crippen molar-refractivity contribution in [3.8, 4) is 5.75 Å². The van der Waals surface area contributed by atoms with Crippen LogP contribution in [0.1, 0.15) is 30.9 Å². The number of hydrogen-bond acceptors (Lipinski definition) is 5. The lowest BCUT2D eigenvalue weighted by Gasteiger charge is -2.11. The summed E-state index contributed by atoms with van der Waals surface area (Å²) in [6.45, 7) is 9.55. The molecule has 0 bridgehead atoms. The Labute approximate surface area is 166 Å². The third kappa shape index (κ3) is 6.23. The second kappa shape index (κ2) is 10.1. The molecule has 0 radical (unpaired) electrons. The molecule has 0 aliphatic heterocycles. The molecule has 2 aromatic rings. The first-order valence-corrected chi connectivity index (χ1v) is 9.53. The van der Waals surface area contributed by atoms with Gasteiger partial charge in [0.2, 0.25) is 5.91 Å². The Hall–Kier alpha value is -2.60. The van der Waals surface area contributed by atoms with Gasteiger partial charge in [0, 0.05) is 30.0 Å². The quantitative estimate of drug-likeness (QED) is 0.386. The van der Waals surface area contributed by atoms with Gasteiger partial charge in [0.05, 0.1) is 0 Å². The van der Waals surface area contributed by atoms with E-state index in [1.165, 1.54) is 0 Å². The molecule has 0 aliphatic rings. The van der Waals surface area contributed by atoms with Crippen LogP contribution in [0.4, 0.5) is 0 Å². The number of nitrogens with one attached hydrogen (secondary N) is 1. The molecule has 1 amide bonds. The molecule has 28 heavy (non-hydrogen) atoms. The molecule has 0 saturated heterocycles. The second-order valence-corrected chi connectivity index (χ2v) is 7.40. The molecule has 0 atom stereocenters. The molecule has 152 valence electrons. The third-order valence-electron chi connectivity index (χ3n) is 4.45. The predicted octanol–water partition coefficient (Wildman–Crippen LogP) is 3.06. The van der Waals surface area contributed by atoms with E-state index in [1.807, 2.05) is 40.1 Å². The summed E-state index contributed by atoms with van der Waals surface area (Å²) in [5, 5.41) is 3.74. The molecular weight excluding hydrogens is 356 g/mol. The number of carbonyl (C=O) groups is 1. The van der Waals surface area contributed by atoms with E-state index in [2.05, 4.69) is 16.8 Å². The molecule has 6 heteroatoms. The molecule has 1 aromatic heterocycles. The monoisotopic (exact) mass is 386 g/mol. The van der Waals surface area contributed by atoms with Crippen LogP contribution in [0.2, 0.25) is 0 Å². The van der Waals surface area contributed by atoms with E-state index in [0.29, 0.717) is 36.5 Å². The van der Waals surface area contributed by atoms with Crippen molar-refractivity contribution in [2.75, 3.05) is 33.8 Å². The van der Waals surface area contributed by atoms with Crippen LogP contribution in [0.25, 0.3) is 11.0 Å². The van der Waals surface area contributed by atoms with Gasteiger partial charge in [-0.2, -0.15) is 0 Å². The lowest BCUT2D eigenvalue weighted by Crippen LogP contribution is -2.27. The molecule has 0 aliphatic carbocycles. The van der Waals surface area contributed by atoms with Crippen LogP contribution in [0.15, 0.2) is 39.6 Å². The largest absolute Gasteiger partial charge is 0.489 e. The Balaban J connectivity index is 2.05. The van der Waals surface area contributed by atoms with E-state index < -0.39 is 5.63 Å². The van der Waals surface area contributed by atoms with Crippen molar-refractivity contribution in [2.24, 2.45) is 0 Å². The SMILES string of the molecule is C=C(C)COc1ccc2c(C)c(CCC(=O)NCCCN(C)C)c(=O)oc2c1. The Kier molecular flexibility index (Phi) is 7.81. The first-order chi connectivity index (χ1) is 13.3. The number of aryl methyl sites for hydroxylation is 1. The zero-order chi connectivity index (χ0) is 20.7. The van der Waals surface area contributed by atoms with Crippen LogP contribution in [0.5, 0.6) is 5.75 Å². The lowest BCUT2D eigenvalue weighted by molar-refractivity contribution is -0.121. The zero-order valence-electron chi connectivity index (χ0n) is 17.3. The smallest absolute Gasteiger partial charge is 0.339 e. The number of nitrogens with zero attached hydrogens (tertiary/aromatic N) is 1. The van der Waals surface area contributed by atoms with Gasteiger partial charge in [-0.1, -0.05) is 6.58 Å². The van der Waals surface area contributed by atoms with Crippen LogP contribution in [0, 0.1) is 6.92 Å². The molecular formula is C22H30N2O4. The van der Waals surface area contributed by atoms with Crippen molar-refractivity contribution < 1.29 is 13.9 Å². The summed E-state index contributed by atoms with van der Waals surface area (Å²) >= 11 is 0. The highest BCUT2D eigenvalue weighted by Crippen LogP contribution is 2.25. The fourth-order valence-corrected chi connectivity index (χ4v) is 2.91. The highest BCUT2D eigenvalue weighted by molar-refractivity contribution is 5.82. The number of hydrogen-bond donors (Lipinski definition) is 1. The first-order valence-electron chi connectivity index (χ1n) is 9.53. The van der Waals surface area contributed by atoms with Gasteiger partial charge < -0.3 is 19.4 Å². The van der Waals surface area contributed by atoms with Gasteiger partial charge >= 0.3 is 5.63 Å². The fraction of sp³-hybridized carbons (Fsp3) is 0.455. The highest BCUT2D eigenvalue weighted by Gasteiger charge is 2.13. The topological polar surface area (TPSA) is 71.8 Å². The Bertz CT molecular complexity index is 899. The van der Waals surface area contributed by atoms with Crippen molar-refractivity contribution in [3.05, 3.63) is 51.9 Å². The molecule has 1 heterocycles. The molecule has 0 fully saturated rings. The van der Waals surface area contributed by atoms with Gasteiger partial charge in [-0.25, -0.2) is 4.79 Å². The minimum Gasteiger partial charge on any atom is -0.489 e. The summed E-state index contributed by atoms with van der Waals surface area (Å²) in [5.74, 6) is 0.573. The van der Waals surface area contributed by atoms with Gasteiger partial charge in [0.15, 0.2) is 0 Å². The van der Waals surface area contributed by atoms with Crippen molar-refractivity contribution in [1.29, 1.82) is 0 Å². The predicted molar refractivity (Wildman–Crippen MR) is 112 cm³/mol. The van der Waals surface area contributed by atoms with Crippen LogP contribution < -0.4 is 15.7 Å². The fourth-order valence-electron chi connectivity index (χ4n) is 2.91. The van der Waals surface area contributed by atoms with Crippen LogP contribution in [-0.2, 0) is 11.2 Å². The van der Waals surface area contributed by atoms with Gasteiger partial charge in [-0.15, -0.1) is 0 Å². The Morgan fingerprint density at radius 2 is 2.07 bits per heavy atom. The zero-order valence-corrected chi connectivity index (χ0v) is 17.3. The molecule has 1 aromatic carbocycles. The van der Waals surface area contributed by atoms with Gasteiger partial charge in [0.25, 0.3) is 0 Å². The van der Waals surface area contributed by atoms with Gasteiger partial charge in [0.1, 0.15) is 17.9 Å². The van der Waals surface area contributed by atoms with Crippen LogP contribution >= 0.6 is 0 Å². The number of fused-ring (bicyclic) bond motifs is 1. The Morgan fingerprint density at radius 1 is 1.32 bits per heavy atom. The van der Waals surface area contributed by atoms with E-state index in [1.54, 1.807) is 6.07 Å². The van der Waals surface area contributed by atoms with E-state index in [9.17, 15) is 9.59 Å². The average molecular weight is 386 g/mol. The molecule has 1 N–H and O–H groups in total. The normalized spacial score (nSPS) is 11.0. The van der Waals surface area contributed by atoms with E-state index >= 15 is 0 Å². The van der Waals surface area contributed by atoms with Crippen LogP contribution in [-0.4, -0.2) is 44.6 Å². The Morgan fingerprint density at radius 3 is 2.75 bits per heavy atom. The third-order valence-corrected chi connectivity index (χ3v) is 4.45. The van der Waals surface area contributed by atoms with Crippen molar-refractivity contribution in [2.45, 2.75) is 33.1 Å². The minimum absolute atomic E-state index is 0.0544. The average Bonchev–Trinajstić information content (AvgIpc) is 2.63. The summed E-state index contributed by atoms with van der Waals surface area (Å²) in [5.41, 5.74) is 2.39. The molecule has 2 rings (SSSR count). The lowest BCUT2D eigenvalue weighted by atomic mass is 10.0. The maximum atomic E-state index is 12.4. The van der Waals surface area contributed by atoms with Crippen molar-refractivity contribution >= 4 is 16.9 Å². The van der Waals surface area contributed by atoms with Gasteiger partial charge in [-0.05, 0) is 70.6 Å². The van der Waals surface area contributed by atoms with Crippen molar-refractivity contribution in [1.82, 2.24) is 10.2 Å². The standard InChI is InChI=1S/C22H30N2O4/c1-15(2)14-27-17-7-8-18-16(3)19(22(26)28-20(18)13-17)9-10-21(25)23-11-6-12-24(4)5/h7-8,13H,1,6,9-12,14H2,2-5H3,(H,23,25). The summed E-state index contributed by atoms with van der Waals surface area (Å²) in [6, 6.07) is 5.44. The maximum absolute atomic E-state index is 12.4. The number of rotatable bonds is 10. The number of carbonyl (C=O) groups excluding carboxylic acids is 1. The number of amides is 1. The van der Waals surface area contributed by atoms with E-state index in [-0.39, 0.29) is 12.3 Å². The summed E-state index contributed by atoms with van der Waals surface area (Å²) in [4.78, 5) is 26.5. The van der Waals surface area contributed by atoms with E-state index in [4.69, 9.17) is 9.15 Å². The van der Waals surface area contributed by atoms with E-state index in [0.717, 1.165) is 29.5 Å². The van der Waals surface area contributed by atoms with Crippen LogP contribution in [0.3, 0.4) is 0 Å². The molecule has 0 saturated carbocycles. The second-order valence-electron chi connectivity index (χ2n) is 7.40. The maximum Gasteiger partial charge on any atom is 0.339 e. The first kappa shape index (κ1) is 21.7. The summed E-state index contributed by atoms with van der Waals surface area (Å²) < 4.78 is 11.1. The number of benzene rings is 1.